The van der Waals surface area contributed by atoms with E-state index in [1.807, 2.05) is 24.3 Å². The second-order valence-electron chi connectivity index (χ2n) is 10.2. The second-order valence-corrected chi connectivity index (χ2v) is 13.5. The maximum absolute atomic E-state index is 9.59. The Labute approximate surface area is 218 Å². The van der Waals surface area contributed by atoms with E-state index in [-0.39, 0.29) is 10.6 Å². The molecule has 0 spiro atoms. The molecule has 2 rings (SSSR count). The van der Waals surface area contributed by atoms with Gasteiger partial charge in [0.1, 0.15) is 0 Å². The molecular formula is C28H46O6P2+2. The molecule has 0 unspecified atom stereocenters. The Hall–Kier alpha value is -0.940. The van der Waals surface area contributed by atoms with E-state index in [1.165, 1.54) is 64.2 Å². The molecule has 0 aliphatic rings. The van der Waals surface area contributed by atoms with Gasteiger partial charge in [0.25, 0.3) is 0 Å². The molecule has 0 fully saturated rings. The van der Waals surface area contributed by atoms with Crippen LogP contribution in [0, 0.1) is 0 Å². The van der Waals surface area contributed by atoms with E-state index in [4.69, 9.17) is 0 Å². The zero-order valence-corrected chi connectivity index (χ0v) is 23.7. The second kappa shape index (κ2) is 14.9. The van der Waals surface area contributed by atoms with Crippen LogP contribution < -0.4 is 10.6 Å². The summed E-state index contributed by atoms with van der Waals surface area (Å²) in [4.78, 5) is 57.5. The highest BCUT2D eigenvalue weighted by atomic mass is 31.2. The van der Waals surface area contributed by atoms with Crippen molar-refractivity contribution in [2.24, 2.45) is 0 Å². The van der Waals surface area contributed by atoms with E-state index in [0.29, 0.717) is 0 Å². The van der Waals surface area contributed by atoms with Gasteiger partial charge in [-0.05, 0) is 41.8 Å². The third kappa shape index (κ3) is 10.1. The standard InChI is InChI=1S/C28H46O6P2/c1-3-4-5-6-7-8-9-10-11-12-13-14-23-28(2,24-15-19-26(20-16-24)35(29,30)31)25-17-21-27(22-18-25)36(32,33)34/h15-22,29-34H,3-14,23H2,1-2H3/q+2. The van der Waals surface area contributed by atoms with E-state index >= 15 is 0 Å². The minimum atomic E-state index is -4.07. The normalized spacial score (nSPS) is 12.8. The van der Waals surface area contributed by atoms with Gasteiger partial charge in [0.15, 0.2) is 10.6 Å². The number of hydrogen-bond donors (Lipinski definition) is 6. The first-order valence-corrected chi connectivity index (χ1v) is 16.6. The van der Waals surface area contributed by atoms with E-state index in [9.17, 15) is 29.4 Å². The van der Waals surface area contributed by atoms with Crippen LogP contribution in [0.1, 0.15) is 108 Å². The summed E-state index contributed by atoms with van der Waals surface area (Å²) in [5, 5.41) is 0.203. The van der Waals surface area contributed by atoms with Crippen molar-refractivity contribution in [3.05, 3.63) is 59.7 Å². The lowest BCUT2D eigenvalue weighted by Gasteiger charge is -2.31. The topological polar surface area (TPSA) is 121 Å². The molecule has 0 aromatic heterocycles. The molecular weight excluding hydrogens is 494 g/mol. The van der Waals surface area contributed by atoms with Gasteiger partial charge in [-0.2, -0.15) is 29.4 Å². The zero-order chi connectivity index (χ0) is 26.7. The predicted octanol–water partition coefficient (Wildman–Crippen LogP) is 5.81. The monoisotopic (exact) mass is 540 g/mol. The summed E-state index contributed by atoms with van der Waals surface area (Å²) in [6.45, 7) is 4.37. The van der Waals surface area contributed by atoms with Crippen molar-refractivity contribution in [1.29, 1.82) is 0 Å². The Kier molecular flexibility index (Phi) is 12.9. The van der Waals surface area contributed by atoms with Crippen molar-refractivity contribution < 1.29 is 29.4 Å². The van der Waals surface area contributed by atoms with Crippen LogP contribution in [0.2, 0.25) is 0 Å². The van der Waals surface area contributed by atoms with Crippen LogP contribution in [0.5, 0.6) is 0 Å². The van der Waals surface area contributed by atoms with Crippen LogP contribution >= 0.6 is 15.9 Å². The van der Waals surface area contributed by atoms with Gasteiger partial charge in [-0.25, -0.2) is 0 Å². The van der Waals surface area contributed by atoms with Gasteiger partial charge >= 0.3 is 15.9 Å². The Bertz CT molecular complexity index is 815. The quantitative estimate of drug-likeness (QED) is 0.111. The van der Waals surface area contributed by atoms with Gasteiger partial charge in [0, 0.05) is 5.41 Å². The zero-order valence-electron chi connectivity index (χ0n) is 21.9. The molecule has 0 bridgehead atoms. The molecule has 2 aromatic rings. The van der Waals surface area contributed by atoms with Crippen molar-refractivity contribution in [3.63, 3.8) is 0 Å². The summed E-state index contributed by atoms with van der Waals surface area (Å²) in [5.74, 6) is 0. The number of benzene rings is 2. The smallest absolute Gasteiger partial charge is 0.189 e. The molecule has 0 amide bonds. The molecule has 0 aliphatic carbocycles. The summed E-state index contributed by atoms with van der Waals surface area (Å²) in [6.07, 6.45) is 16.1. The highest BCUT2D eigenvalue weighted by Crippen LogP contribution is 2.45. The van der Waals surface area contributed by atoms with Gasteiger partial charge in [0.2, 0.25) is 0 Å². The van der Waals surface area contributed by atoms with Crippen molar-refractivity contribution >= 4 is 26.5 Å². The first kappa shape index (κ1) is 31.3. The Morgan fingerprint density at radius 3 is 1.11 bits per heavy atom. The van der Waals surface area contributed by atoms with Crippen LogP contribution in [0.3, 0.4) is 0 Å². The minimum absolute atomic E-state index is 0.102. The van der Waals surface area contributed by atoms with Gasteiger partial charge in [0.05, 0.1) is 0 Å². The summed E-state index contributed by atoms with van der Waals surface area (Å²) in [5.41, 5.74) is 1.53. The lowest BCUT2D eigenvalue weighted by Crippen LogP contribution is -2.25. The average Bonchev–Trinajstić information content (AvgIpc) is 2.83. The number of unbranched alkanes of at least 4 members (excludes halogenated alkanes) is 11. The van der Waals surface area contributed by atoms with Crippen molar-refractivity contribution in [1.82, 2.24) is 0 Å². The third-order valence-corrected chi connectivity index (χ3v) is 9.21. The Balaban J connectivity index is 1.97. The molecule has 2 aromatic carbocycles. The van der Waals surface area contributed by atoms with Crippen LogP contribution in [-0.2, 0) is 5.41 Å². The van der Waals surface area contributed by atoms with Gasteiger partial charge in [-0.3, -0.25) is 0 Å². The molecule has 8 heteroatoms. The maximum Gasteiger partial charge on any atom is 0.440 e. The van der Waals surface area contributed by atoms with E-state index in [0.717, 1.165) is 30.4 Å². The molecule has 0 heterocycles. The highest BCUT2D eigenvalue weighted by Gasteiger charge is 2.37. The number of rotatable bonds is 17. The van der Waals surface area contributed by atoms with Gasteiger partial charge < -0.3 is 0 Å². The van der Waals surface area contributed by atoms with E-state index in [2.05, 4.69) is 13.8 Å². The average molecular weight is 541 g/mol. The van der Waals surface area contributed by atoms with E-state index in [1.54, 1.807) is 24.3 Å². The van der Waals surface area contributed by atoms with Crippen LogP contribution in [0.25, 0.3) is 0 Å². The lowest BCUT2D eigenvalue weighted by molar-refractivity contribution is 0.345. The minimum Gasteiger partial charge on any atom is -0.189 e. The summed E-state index contributed by atoms with van der Waals surface area (Å²) in [7, 11) is -8.13. The van der Waals surface area contributed by atoms with Crippen molar-refractivity contribution in [2.75, 3.05) is 0 Å². The Morgan fingerprint density at radius 1 is 0.500 bits per heavy atom. The fourth-order valence-electron chi connectivity index (χ4n) is 4.83. The molecule has 6 nitrogen and oxygen atoms in total. The molecule has 0 atom stereocenters. The molecule has 0 radical (unpaired) electrons. The molecule has 0 saturated heterocycles. The van der Waals surface area contributed by atoms with Crippen LogP contribution in [0.15, 0.2) is 48.5 Å². The summed E-state index contributed by atoms with van der Waals surface area (Å²) in [6, 6.07) is 13.4. The molecule has 202 valence electrons. The fourth-order valence-corrected chi connectivity index (χ4v) is 5.93. The van der Waals surface area contributed by atoms with E-state index < -0.39 is 21.3 Å². The van der Waals surface area contributed by atoms with Gasteiger partial charge in [-0.15, -0.1) is 0 Å². The number of hydrogen-bond acceptors (Lipinski definition) is 6. The largest absolute Gasteiger partial charge is 0.440 e. The Morgan fingerprint density at radius 2 is 0.806 bits per heavy atom. The summed E-state index contributed by atoms with van der Waals surface area (Å²) < 4.78 is 0. The highest BCUT2D eigenvalue weighted by molar-refractivity contribution is 7.67. The summed E-state index contributed by atoms with van der Waals surface area (Å²) >= 11 is 0. The molecule has 36 heavy (non-hydrogen) atoms. The SMILES string of the molecule is CCCCCCCCCCCCCCC(C)(c1ccc([P+](O)(O)O)cc1)c1ccc([P+](O)(O)O)cc1. The van der Waals surface area contributed by atoms with Crippen molar-refractivity contribution in [3.8, 4) is 0 Å². The van der Waals surface area contributed by atoms with Gasteiger partial charge in [-0.1, -0.05) is 115 Å². The first-order chi connectivity index (χ1) is 17.0. The first-order valence-electron chi connectivity index (χ1n) is 13.4. The molecule has 6 N–H and O–H groups in total. The molecule has 0 saturated carbocycles. The maximum atomic E-state index is 9.59. The lowest BCUT2D eigenvalue weighted by atomic mass is 9.72. The molecule has 0 aliphatic heterocycles. The fraction of sp³-hybridized carbons (Fsp3) is 0.571. The predicted molar refractivity (Wildman–Crippen MR) is 151 cm³/mol. The van der Waals surface area contributed by atoms with Crippen molar-refractivity contribution in [2.45, 2.75) is 103 Å². The third-order valence-electron chi connectivity index (χ3n) is 7.23. The van der Waals surface area contributed by atoms with Crippen LogP contribution in [0.4, 0.5) is 0 Å². The van der Waals surface area contributed by atoms with Crippen LogP contribution in [-0.4, -0.2) is 29.4 Å².